The molecule has 0 aliphatic carbocycles. The maximum Gasteiger partial charge on any atom is 0.111 e. The summed E-state index contributed by atoms with van der Waals surface area (Å²) in [4.78, 5) is 4.23. The van der Waals surface area contributed by atoms with E-state index in [9.17, 15) is 5.11 Å². The number of aliphatic hydroxyl groups is 1. The number of aryl methyl sites for hydroxylation is 1. The second-order valence-corrected chi connectivity index (χ2v) is 4.31. The van der Waals surface area contributed by atoms with Crippen LogP contribution < -0.4 is 0 Å². The molecule has 0 amide bonds. The average Bonchev–Trinajstić information content (AvgIpc) is 2.76. The summed E-state index contributed by atoms with van der Waals surface area (Å²) in [6, 6.07) is 7.78. The molecule has 1 atom stereocenters. The zero-order valence-corrected chi connectivity index (χ0v) is 10.7. The van der Waals surface area contributed by atoms with Gasteiger partial charge in [0.25, 0.3) is 0 Å². The molecule has 4 heteroatoms. The van der Waals surface area contributed by atoms with E-state index in [-0.39, 0.29) is 0 Å². The minimum atomic E-state index is -0.558. The molecule has 1 aromatic heterocycles. The number of aromatic nitrogens is 2. The molecule has 0 spiro atoms. The largest absolute Gasteiger partial charge is 0.388 e. The molecule has 1 heterocycles. The summed E-state index contributed by atoms with van der Waals surface area (Å²) in [7, 11) is 3.58. The lowest BCUT2D eigenvalue weighted by molar-refractivity contribution is 0.159. The first-order chi connectivity index (χ1) is 8.72. The summed E-state index contributed by atoms with van der Waals surface area (Å²) in [5.74, 6) is 0.870. The number of hydrogen-bond donors (Lipinski definition) is 1. The van der Waals surface area contributed by atoms with E-state index in [0.717, 1.165) is 17.0 Å². The van der Waals surface area contributed by atoms with Crippen molar-refractivity contribution in [1.82, 2.24) is 9.55 Å². The summed E-state index contributed by atoms with van der Waals surface area (Å²) >= 11 is 0. The van der Waals surface area contributed by atoms with Gasteiger partial charge in [-0.3, -0.25) is 0 Å². The van der Waals surface area contributed by atoms with Crippen molar-refractivity contribution in [3.63, 3.8) is 0 Å². The number of ether oxygens (including phenoxy) is 1. The maximum atomic E-state index is 10.3. The zero-order valence-electron chi connectivity index (χ0n) is 10.7. The molecule has 4 nitrogen and oxygen atoms in total. The molecule has 1 aromatic carbocycles. The number of aliphatic hydroxyl groups excluding tert-OH is 1. The van der Waals surface area contributed by atoms with Crippen LogP contribution >= 0.6 is 0 Å². The molecule has 96 valence electrons. The third kappa shape index (κ3) is 2.78. The topological polar surface area (TPSA) is 47.3 Å². The van der Waals surface area contributed by atoms with Gasteiger partial charge < -0.3 is 14.4 Å². The Hall–Kier alpha value is -1.65. The predicted octanol–water partition coefficient (Wildman–Crippen LogP) is 1.84. The summed E-state index contributed by atoms with van der Waals surface area (Å²) in [5, 5.41) is 10.3. The SMILES string of the molecule is COCc1ccccc1C(O)Cc1nccn1C. The van der Waals surface area contributed by atoms with E-state index in [0.29, 0.717) is 13.0 Å². The Balaban J connectivity index is 2.18. The smallest absolute Gasteiger partial charge is 0.111 e. The van der Waals surface area contributed by atoms with Gasteiger partial charge in [0.15, 0.2) is 0 Å². The lowest BCUT2D eigenvalue weighted by Crippen LogP contribution is -2.09. The van der Waals surface area contributed by atoms with Gasteiger partial charge in [0, 0.05) is 33.0 Å². The summed E-state index contributed by atoms with van der Waals surface area (Å²) < 4.78 is 7.06. The van der Waals surface area contributed by atoms with Gasteiger partial charge in [-0.25, -0.2) is 4.98 Å². The van der Waals surface area contributed by atoms with Crippen molar-refractivity contribution in [3.8, 4) is 0 Å². The molecule has 0 fully saturated rings. The van der Waals surface area contributed by atoms with Crippen LogP contribution in [0.4, 0.5) is 0 Å². The fraction of sp³-hybridized carbons (Fsp3) is 0.357. The Labute approximate surface area is 107 Å². The second-order valence-electron chi connectivity index (χ2n) is 4.31. The van der Waals surface area contributed by atoms with Crippen LogP contribution in [0, 0.1) is 0 Å². The molecule has 0 saturated heterocycles. The van der Waals surface area contributed by atoms with Gasteiger partial charge in [-0.15, -0.1) is 0 Å². The van der Waals surface area contributed by atoms with E-state index in [1.54, 1.807) is 13.3 Å². The lowest BCUT2D eigenvalue weighted by Gasteiger charge is -2.15. The van der Waals surface area contributed by atoms with Crippen molar-refractivity contribution >= 4 is 0 Å². The molecule has 1 N–H and O–H groups in total. The van der Waals surface area contributed by atoms with Crippen LogP contribution in [0.3, 0.4) is 0 Å². The number of imidazole rings is 1. The third-order valence-electron chi connectivity index (χ3n) is 3.01. The molecule has 2 aromatic rings. The lowest BCUT2D eigenvalue weighted by atomic mass is 10.0. The highest BCUT2D eigenvalue weighted by molar-refractivity contribution is 5.29. The van der Waals surface area contributed by atoms with Crippen molar-refractivity contribution in [1.29, 1.82) is 0 Å². The van der Waals surface area contributed by atoms with Crippen LogP contribution in [-0.4, -0.2) is 21.8 Å². The highest BCUT2D eigenvalue weighted by Gasteiger charge is 2.14. The van der Waals surface area contributed by atoms with Crippen molar-refractivity contribution in [2.24, 2.45) is 7.05 Å². The third-order valence-corrected chi connectivity index (χ3v) is 3.01. The highest BCUT2D eigenvalue weighted by atomic mass is 16.5. The number of benzene rings is 1. The van der Waals surface area contributed by atoms with Crippen LogP contribution in [0.15, 0.2) is 36.7 Å². The van der Waals surface area contributed by atoms with Crippen molar-refractivity contribution < 1.29 is 9.84 Å². The van der Waals surface area contributed by atoms with Gasteiger partial charge in [-0.1, -0.05) is 24.3 Å². The molecule has 0 aliphatic rings. The standard InChI is InChI=1S/C14H18N2O2/c1-16-8-7-15-14(16)9-13(17)12-6-4-3-5-11(12)10-18-2/h3-8,13,17H,9-10H2,1-2H3. The molecule has 0 saturated carbocycles. The van der Waals surface area contributed by atoms with Crippen LogP contribution in [-0.2, 0) is 24.8 Å². The van der Waals surface area contributed by atoms with Gasteiger partial charge in [-0.2, -0.15) is 0 Å². The molecule has 1 unspecified atom stereocenters. The first-order valence-corrected chi connectivity index (χ1v) is 5.93. The van der Waals surface area contributed by atoms with Gasteiger partial charge in [0.2, 0.25) is 0 Å². The summed E-state index contributed by atoms with van der Waals surface area (Å²) in [5.41, 5.74) is 1.92. The Morgan fingerprint density at radius 3 is 2.83 bits per heavy atom. The zero-order chi connectivity index (χ0) is 13.0. The van der Waals surface area contributed by atoms with Crippen LogP contribution in [0.5, 0.6) is 0 Å². The summed E-state index contributed by atoms with van der Waals surface area (Å²) in [6.07, 6.45) is 3.56. The molecular formula is C14H18N2O2. The Morgan fingerprint density at radius 2 is 2.17 bits per heavy atom. The van der Waals surface area contributed by atoms with Crippen molar-refractivity contribution in [3.05, 3.63) is 53.6 Å². The van der Waals surface area contributed by atoms with E-state index >= 15 is 0 Å². The highest BCUT2D eigenvalue weighted by Crippen LogP contribution is 2.21. The second kappa shape index (κ2) is 5.80. The monoisotopic (exact) mass is 246 g/mol. The Kier molecular flexibility index (Phi) is 4.12. The molecular weight excluding hydrogens is 228 g/mol. The molecule has 0 aliphatic heterocycles. The minimum absolute atomic E-state index is 0.504. The van der Waals surface area contributed by atoms with Gasteiger partial charge in [0.1, 0.15) is 5.82 Å². The van der Waals surface area contributed by atoms with Gasteiger partial charge in [0.05, 0.1) is 12.7 Å². The van der Waals surface area contributed by atoms with Crippen LogP contribution in [0.25, 0.3) is 0 Å². The minimum Gasteiger partial charge on any atom is -0.388 e. The molecule has 2 rings (SSSR count). The quantitative estimate of drug-likeness (QED) is 0.875. The van der Waals surface area contributed by atoms with Gasteiger partial charge >= 0.3 is 0 Å². The van der Waals surface area contributed by atoms with E-state index in [4.69, 9.17) is 4.74 Å². The predicted molar refractivity (Wildman–Crippen MR) is 69.0 cm³/mol. The number of methoxy groups -OCH3 is 1. The van der Waals surface area contributed by atoms with E-state index in [1.165, 1.54) is 0 Å². The van der Waals surface area contributed by atoms with Crippen molar-refractivity contribution in [2.75, 3.05) is 7.11 Å². The maximum absolute atomic E-state index is 10.3. The molecule has 18 heavy (non-hydrogen) atoms. The van der Waals surface area contributed by atoms with Gasteiger partial charge in [-0.05, 0) is 11.1 Å². The Bertz CT molecular complexity index is 508. The number of hydrogen-bond acceptors (Lipinski definition) is 3. The number of rotatable bonds is 5. The fourth-order valence-electron chi connectivity index (χ4n) is 2.02. The van der Waals surface area contributed by atoms with Crippen LogP contribution in [0.2, 0.25) is 0 Å². The molecule has 0 radical (unpaired) electrons. The molecule has 0 bridgehead atoms. The first-order valence-electron chi connectivity index (χ1n) is 5.93. The normalized spacial score (nSPS) is 12.6. The van der Waals surface area contributed by atoms with E-state index in [1.807, 2.05) is 42.1 Å². The summed E-state index contributed by atoms with van der Waals surface area (Å²) in [6.45, 7) is 0.508. The Morgan fingerprint density at radius 1 is 1.39 bits per heavy atom. The average molecular weight is 246 g/mol. The first kappa shape index (κ1) is 12.8. The fourth-order valence-corrected chi connectivity index (χ4v) is 2.02. The van der Waals surface area contributed by atoms with E-state index < -0.39 is 6.10 Å². The van der Waals surface area contributed by atoms with Crippen molar-refractivity contribution in [2.45, 2.75) is 19.1 Å². The van der Waals surface area contributed by atoms with E-state index in [2.05, 4.69) is 4.98 Å². The van der Waals surface area contributed by atoms with Crippen LogP contribution in [0.1, 0.15) is 23.1 Å². The number of nitrogens with zero attached hydrogens (tertiary/aromatic N) is 2.